The summed E-state index contributed by atoms with van der Waals surface area (Å²) < 4.78 is 0. The van der Waals surface area contributed by atoms with E-state index >= 15 is 0 Å². The van der Waals surface area contributed by atoms with E-state index in [9.17, 15) is 0 Å². The highest BCUT2D eigenvalue weighted by molar-refractivity contribution is 7.84. The monoisotopic (exact) mass is 260 g/mol. The molecular formula is C15H16S2. The third-order valence-corrected chi connectivity index (χ3v) is 4.25. The summed E-state index contributed by atoms with van der Waals surface area (Å²) in [6.45, 7) is 2.10. The van der Waals surface area contributed by atoms with Gasteiger partial charge in [0.05, 0.1) is 0 Å². The standard InChI is InChI=1S/C15H16S2/c1-11-6-5-9-13(10-11)15(17)14(16)12-7-3-2-4-8-12/h2-10,14-17H,1H3. The summed E-state index contributed by atoms with van der Waals surface area (Å²) in [5.41, 5.74) is 3.68. The van der Waals surface area contributed by atoms with Crippen molar-refractivity contribution in [2.45, 2.75) is 17.4 Å². The zero-order valence-corrected chi connectivity index (χ0v) is 11.5. The molecule has 0 radical (unpaired) electrons. The van der Waals surface area contributed by atoms with Crippen LogP contribution in [0.2, 0.25) is 0 Å². The molecule has 0 spiro atoms. The predicted molar refractivity (Wildman–Crippen MR) is 81.1 cm³/mol. The molecule has 0 aliphatic rings. The van der Waals surface area contributed by atoms with Gasteiger partial charge in [0.1, 0.15) is 0 Å². The maximum absolute atomic E-state index is 4.70. The molecule has 0 saturated carbocycles. The first-order chi connectivity index (χ1) is 8.18. The number of rotatable bonds is 3. The van der Waals surface area contributed by atoms with Crippen molar-refractivity contribution in [3.05, 3.63) is 71.3 Å². The molecule has 2 rings (SSSR count). The van der Waals surface area contributed by atoms with Gasteiger partial charge in [0.25, 0.3) is 0 Å². The summed E-state index contributed by atoms with van der Waals surface area (Å²) >= 11 is 9.38. The van der Waals surface area contributed by atoms with E-state index in [0.29, 0.717) is 0 Å². The minimum absolute atomic E-state index is 0.112. The fourth-order valence-electron chi connectivity index (χ4n) is 1.87. The lowest BCUT2D eigenvalue weighted by molar-refractivity contribution is 0.918. The number of benzene rings is 2. The molecule has 2 atom stereocenters. The highest BCUT2D eigenvalue weighted by Gasteiger charge is 2.17. The summed E-state index contributed by atoms with van der Waals surface area (Å²) in [5.74, 6) is 0. The molecule has 0 aromatic heterocycles. The van der Waals surface area contributed by atoms with Gasteiger partial charge >= 0.3 is 0 Å². The Labute approximate surface area is 114 Å². The van der Waals surface area contributed by atoms with Crippen LogP contribution in [-0.4, -0.2) is 0 Å². The van der Waals surface area contributed by atoms with Crippen LogP contribution in [0.4, 0.5) is 0 Å². The summed E-state index contributed by atoms with van der Waals surface area (Å²) in [7, 11) is 0. The molecule has 17 heavy (non-hydrogen) atoms. The number of aryl methyl sites for hydroxylation is 1. The summed E-state index contributed by atoms with van der Waals surface area (Å²) in [5, 5.41) is 0.224. The quantitative estimate of drug-likeness (QED) is 0.738. The van der Waals surface area contributed by atoms with Crippen molar-refractivity contribution in [1.29, 1.82) is 0 Å². The molecule has 0 nitrogen and oxygen atoms in total. The fourth-order valence-corrected chi connectivity index (χ4v) is 2.55. The highest BCUT2D eigenvalue weighted by atomic mass is 32.1. The van der Waals surface area contributed by atoms with Gasteiger partial charge in [0.2, 0.25) is 0 Å². The van der Waals surface area contributed by atoms with Gasteiger partial charge in [-0.1, -0.05) is 60.2 Å². The van der Waals surface area contributed by atoms with Crippen molar-refractivity contribution < 1.29 is 0 Å². The molecule has 2 heteroatoms. The number of hydrogen-bond donors (Lipinski definition) is 2. The van der Waals surface area contributed by atoms with E-state index in [1.54, 1.807) is 0 Å². The lowest BCUT2D eigenvalue weighted by Gasteiger charge is -2.19. The second kappa shape index (κ2) is 5.65. The Balaban J connectivity index is 2.23. The Kier molecular flexibility index (Phi) is 4.19. The highest BCUT2D eigenvalue weighted by Crippen LogP contribution is 2.38. The van der Waals surface area contributed by atoms with Crippen molar-refractivity contribution in [2.75, 3.05) is 0 Å². The lowest BCUT2D eigenvalue weighted by atomic mass is 10.0. The molecule has 2 aromatic carbocycles. The van der Waals surface area contributed by atoms with E-state index in [4.69, 9.17) is 12.6 Å². The van der Waals surface area contributed by atoms with Crippen LogP contribution in [0.3, 0.4) is 0 Å². The van der Waals surface area contributed by atoms with Gasteiger partial charge in [-0.3, -0.25) is 0 Å². The molecule has 0 fully saturated rings. The first-order valence-electron chi connectivity index (χ1n) is 5.66. The van der Waals surface area contributed by atoms with Crippen molar-refractivity contribution in [1.82, 2.24) is 0 Å². The van der Waals surface area contributed by atoms with Crippen LogP contribution in [0.5, 0.6) is 0 Å². The van der Waals surface area contributed by atoms with Gasteiger partial charge in [-0.15, -0.1) is 0 Å². The van der Waals surface area contributed by atoms with Gasteiger partial charge < -0.3 is 0 Å². The average Bonchev–Trinajstić information content (AvgIpc) is 2.38. The molecule has 0 N–H and O–H groups in total. The van der Waals surface area contributed by atoms with Gasteiger partial charge in [-0.05, 0) is 18.1 Å². The largest absolute Gasteiger partial charge is 0.170 e. The molecule has 0 bridgehead atoms. The SMILES string of the molecule is Cc1cccc(C(S)C(S)c2ccccc2)c1. The molecule has 2 unspecified atom stereocenters. The van der Waals surface area contributed by atoms with Crippen molar-refractivity contribution in [2.24, 2.45) is 0 Å². The van der Waals surface area contributed by atoms with Gasteiger partial charge in [0.15, 0.2) is 0 Å². The zero-order chi connectivity index (χ0) is 12.3. The zero-order valence-electron chi connectivity index (χ0n) is 9.75. The maximum atomic E-state index is 4.70. The van der Waals surface area contributed by atoms with E-state index in [2.05, 4.69) is 56.0 Å². The molecule has 0 amide bonds. The van der Waals surface area contributed by atoms with Gasteiger partial charge in [-0.25, -0.2) is 0 Å². The minimum atomic E-state index is 0.112. The molecule has 0 saturated heterocycles. The Morgan fingerprint density at radius 2 is 1.35 bits per heavy atom. The minimum Gasteiger partial charge on any atom is -0.170 e. The smallest absolute Gasteiger partial charge is 0.0424 e. The Hall–Kier alpha value is -0.860. The Bertz CT molecular complexity index is 479. The summed E-state index contributed by atoms with van der Waals surface area (Å²) in [6.07, 6.45) is 0. The number of thiol groups is 2. The van der Waals surface area contributed by atoms with Crippen LogP contribution >= 0.6 is 25.3 Å². The van der Waals surface area contributed by atoms with Crippen molar-refractivity contribution in [3.63, 3.8) is 0 Å². The van der Waals surface area contributed by atoms with E-state index in [-0.39, 0.29) is 10.5 Å². The van der Waals surface area contributed by atoms with Crippen molar-refractivity contribution in [3.8, 4) is 0 Å². The van der Waals surface area contributed by atoms with Crippen LogP contribution in [-0.2, 0) is 0 Å². The number of hydrogen-bond acceptors (Lipinski definition) is 2. The third kappa shape index (κ3) is 3.08. The second-order valence-electron chi connectivity index (χ2n) is 4.21. The van der Waals surface area contributed by atoms with Crippen LogP contribution in [0.25, 0.3) is 0 Å². The van der Waals surface area contributed by atoms with Crippen molar-refractivity contribution >= 4 is 25.3 Å². The molecule has 88 valence electrons. The topological polar surface area (TPSA) is 0 Å². The molecule has 2 aromatic rings. The van der Waals surface area contributed by atoms with Crippen LogP contribution in [0.1, 0.15) is 27.2 Å². The fraction of sp³-hybridized carbons (Fsp3) is 0.200. The Morgan fingerprint density at radius 3 is 2.00 bits per heavy atom. The first-order valence-corrected chi connectivity index (χ1v) is 6.69. The summed E-state index contributed by atoms with van der Waals surface area (Å²) in [6, 6.07) is 18.7. The first kappa shape index (κ1) is 12.6. The predicted octanol–water partition coefficient (Wildman–Crippen LogP) is 4.64. The van der Waals surface area contributed by atoms with Gasteiger partial charge in [-0.2, -0.15) is 25.3 Å². The van der Waals surface area contributed by atoms with E-state index in [1.165, 1.54) is 16.7 Å². The van der Waals surface area contributed by atoms with Crippen LogP contribution in [0.15, 0.2) is 54.6 Å². The Morgan fingerprint density at radius 1 is 0.765 bits per heavy atom. The van der Waals surface area contributed by atoms with Gasteiger partial charge in [0, 0.05) is 10.5 Å². The molecular weight excluding hydrogens is 244 g/mol. The average molecular weight is 260 g/mol. The van der Waals surface area contributed by atoms with E-state index < -0.39 is 0 Å². The summed E-state index contributed by atoms with van der Waals surface area (Å²) in [4.78, 5) is 0. The van der Waals surface area contributed by atoms with E-state index in [0.717, 1.165) is 0 Å². The molecule has 0 heterocycles. The van der Waals surface area contributed by atoms with Crippen LogP contribution < -0.4 is 0 Å². The van der Waals surface area contributed by atoms with E-state index in [1.807, 2.05) is 18.2 Å². The molecule has 0 aliphatic heterocycles. The second-order valence-corrected chi connectivity index (χ2v) is 5.33. The third-order valence-electron chi connectivity index (χ3n) is 2.82. The lowest BCUT2D eigenvalue weighted by Crippen LogP contribution is -2.00. The normalized spacial score (nSPS) is 14.3. The molecule has 0 aliphatic carbocycles. The maximum Gasteiger partial charge on any atom is 0.0424 e. The van der Waals surface area contributed by atoms with Crippen LogP contribution in [0, 0.1) is 6.92 Å².